The highest BCUT2D eigenvalue weighted by Gasteiger charge is 2.20. The standard InChI is InChI=1S/C29H29ClFN3O2/c1-2-3-14-34-23(16-32-29(34)22-8-5-4-6-9-22)18-33(19-24-25(30)10-7-11-26(24)31)17-21-12-13-27-28(15-21)36-20-35-27/h4-13,15-16H,2-3,14,17-20H2,1H3. The molecule has 36 heavy (non-hydrogen) atoms. The van der Waals surface area contributed by atoms with Gasteiger partial charge in [0.1, 0.15) is 11.6 Å². The first-order valence-electron chi connectivity index (χ1n) is 12.3. The molecule has 0 amide bonds. The number of unbranched alkanes of at least 4 members (excludes halogenated alkanes) is 1. The molecule has 0 N–H and O–H groups in total. The summed E-state index contributed by atoms with van der Waals surface area (Å²) in [5.74, 6) is 2.12. The van der Waals surface area contributed by atoms with Crippen LogP contribution in [0.5, 0.6) is 11.5 Å². The van der Waals surface area contributed by atoms with Gasteiger partial charge in [0.15, 0.2) is 11.5 Å². The molecule has 2 heterocycles. The molecule has 7 heteroatoms. The third-order valence-corrected chi connectivity index (χ3v) is 6.73. The molecular formula is C29H29ClFN3O2. The summed E-state index contributed by atoms with van der Waals surface area (Å²) in [6.45, 7) is 4.81. The van der Waals surface area contributed by atoms with Crippen molar-refractivity contribution in [3.05, 3.63) is 101 Å². The molecular weight excluding hydrogens is 477 g/mol. The Balaban J connectivity index is 1.48. The van der Waals surface area contributed by atoms with Gasteiger partial charge in [-0.05, 0) is 36.2 Å². The van der Waals surface area contributed by atoms with E-state index in [1.165, 1.54) is 6.07 Å². The number of hydrogen-bond acceptors (Lipinski definition) is 4. The van der Waals surface area contributed by atoms with Gasteiger partial charge in [-0.1, -0.05) is 67.4 Å². The second-order valence-electron chi connectivity index (χ2n) is 8.98. The van der Waals surface area contributed by atoms with Crippen LogP contribution in [0.1, 0.15) is 36.6 Å². The van der Waals surface area contributed by atoms with Crippen LogP contribution in [0.3, 0.4) is 0 Å². The van der Waals surface area contributed by atoms with Crippen LogP contribution in [0.15, 0.2) is 72.9 Å². The quantitative estimate of drug-likeness (QED) is 0.231. The smallest absolute Gasteiger partial charge is 0.231 e. The molecule has 0 atom stereocenters. The summed E-state index contributed by atoms with van der Waals surface area (Å²) in [6.07, 6.45) is 4.07. The molecule has 186 valence electrons. The number of ether oxygens (including phenoxy) is 2. The average Bonchev–Trinajstić information content (AvgIpc) is 3.52. The Morgan fingerprint density at radius 1 is 0.972 bits per heavy atom. The van der Waals surface area contributed by atoms with E-state index in [1.54, 1.807) is 12.1 Å². The summed E-state index contributed by atoms with van der Waals surface area (Å²) < 4.78 is 28.1. The van der Waals surface area contributed by atoms with Crippen molar-refractivity contribution in [2.24, 2.45) is 0 Å². The van der Waals surface area contributed by atoms with E-state index in [-0.39, 0.29) is 12.6 Å². The third kappa shape index (κ3) is 5.40. The lowest BCUT2D eigenvalue weighted by Gasteiger charge is -2.24. The first-order valence-corrected chi connectivity index (χ1v) is 12.6. The Morgan fingerprint density at radius 2 is 1.81 bits per heavy atom. The predicted octanol–water partition coefficient (Wildman–Crippen LogP) is 7.07. The van der Waals surface area contributed by atoms with Crippen LogP contribution in [0.2, 0.25) is 5.02 Å². The van der Waals surface area contributed by atoms with E-state index >= 15 is 0 Å². The number of imidazole rings is 1. The lowest BCUT2D eigenvalue weighted by Crippen LogP contribution is -2.25. The lowest BCUT2D eigenvalue weighted by molar-refractivity contribution is 0.174. The van der Waals surface area contributed by atoms with E-state index in [4.69, 9.17) is 26.1 Å². The average molecular weight is 506 g/mol. The van der Waals surface area contributed by atoms with Gasteiger partial charge in [-0.2, -0.15) is 0 Å². The minimum absolute atomic E-state index is 0.228. The largest absolute Gasteiger partial charge is 0.454 e. The maximum atomic E-state index is 14.8. The normalized spacial score (nSPS) is 12.4. The van der Waals surface area contributed by atoms with Crippen LogP contribution in [0.4, 0.5) is 4.39 Å². The van der Waals surface area contributed by atoms with E-state index in [9.17, 15) is 4.39 Å². The summed E-state index contributed by atoms with van der Waals surface area (Å²) in [6, 6.07) is 21.0. The zero-order valence-corrected chi connectivity index (χ0v) is 21.0. The zero-order valence-electron chi connectivity index (χ0n) is 20.3. The maximum Gasteiger partial charge on any atom is 0.231 e. The van der Waals surface area contributed by atoms with E-state index in [2.05, 4.69) is 28.5 Å². The van der Waals surface area contributed by atoms with E-state index < -0.39 is 0 Å². The Morgan fingerprint density at radius 3 is 2.61 bits per heavy atom. The lowest BCUT2D eigenvalue weighted by atomic mass is 10.1. The van der Waals surface area contributed by atoms with E-state index in [0.717, 1.165) is 53.5 Å². The van der Waals surface area contributed by atoms with Crippen molar-refractivity contribution in [1.29, 1.82) is 0 Å². The zero-order chi connectivity index (χ0) is 24.9. The summed E-state index contributed by atoms with van der Waals surface area (Å²) in [4.78, 5) is 6.98. The second-order valence-corrected chi connectivity index (χ2v) is 9.38. The number of benzene rings is 3. The van der Waals surface area contributed by atoms with Crippen molar-refractivity contribution in [2.45, 2.75) is 45.9 Å². The summed E-state index contributed by atoms with van der Waals surface area (Å²) >= 11 is 6.42. The van der Waals surface area contributed by atoms with Crippen LogP contribution in [0.25, 0.3) is 11.4 Å². The van der Waals surface area contributed by atoms with Crippen LogP contribution in [0, 0.1) is 5.82 Å². The molecule has 0 radical (unpaired) electrons. The first kappa shape index (κ1) is 24.3. The molecule has 0 fully saturated rings. The Kier molecular flexibility index (Phi) is 7.54. The van der Waals surface area contributed by atoms with Crippen molar-refractivity contribution < 1.29 is 13.9 Å². The Bertz CT molecular complexity index is 1310. The highest BCUT2D eigenvalue weighted by atomic mass is 35.5. The number of fused-ring (bicyclic) bond motifs is 1. The number of hydrogen-bond donors (Lipinski definition) is 0. The molecule has 5 nitrogen and oxygen atoms in total. The molecule has 0 saturated carbocycles. The van der Waals surface area contributed by atoms with Crippen LogP contribution in [-0.4, -0.2) is 21.2 Å². The topological polar surface area (TPSA) is 39.5 Å². The predicted molar refractivity (Wildman–Crippen MR) is 139 cm³/mol. The SMILES string of the molecule is CCCCn1c(CN(Cc2ccc3c(c2)OCO3)Cc2c(F)cccc2Cl)cnc1-c1ccccc1. The van der Waals surface area contributed by atoms with Crippen molar-refractivity contribution in [2.75, 3.05) is 6.79 Å². The van der Waals surface area contributed by atoms with Gasteiger partial charge >= 0.3 is 0 Å². The van der Waals surface area contributed by atoms with Crippen molar-refractivity contribution in [3.63, 3.8) is 0 Å². The molecule has 4 aromatic rings. The molecule has 3 aromatic carbocycles. The molecule has 1 aromatic heterocycles. The maximum absolute atomic E-state index is 14.8. The highest BCUT2D eigenvalue weighted by molar-refractivity contribution is 6.31. The molecule has 0 aliphatic carbocycles. The van der Waals surface area contributed by atoms with Crippen LogP contribution in [-0.2, 0) is 26.2 Å². The fraction of sp³-hybridized carbons (Fsp3) is 0.276. The summed E-state index contributed by atoms with van der Waals surface area (Å²) in [7, 11) is 0. The molecule has 0 spiro atoms. The van der Waals surface area contributed by atoms with E-state index in [0.29, 0.717) is 30.2 Å². The molecule has 1 aliphatic rings. The molecule has 0 saturated heterocycles. The Labute approximate surface area is 216 Å². The van der Waals surface area contributed by atoms with Gasteiger partial charge in [0, 0.05) is 42.3 Å². The Hall–Kier alpha value is -3.35. The van der Waals surface area contributed by atoms with Gasteiger partial charge in [-0.15, -0.1) is 0 Å². The summed E-state index contributed by atoms with van der Waals surface area (Å²) in [5.41, 5.74) is 3.70. The summed E-state index contributed by atoms with van der Waals surface area (Å²) in [5, 5.41) is 0.426. The van der Waals surface area contributed by atoms with Crippen LogP contribution < -0.4 is 9.47 Å². The fourth-order valence-electron chi connectivity index (χ4n) is 4.52. The first-order chi connectivity index (χ1) is 17.6. The van der Waals surface area contributed by atoms with Gasteiger partial charge < -0.3 is 14.0 Å². The van der Waals surface area contributed by atoms with Gasteiger partial charge in [0.25, 0.3) is 0 Å². The van der Waals surface area contributed by atoms with Gasteiger partial charge in [0.2, 0.25) is 6.79 Å². The molecule has 0 bridgehead atoms. The number of halogens is 2. The van der Waals surface area contributed by atoms with Gasteiger partial charge in [0.05, 0.1) is 11.9 Å². The fourth-order valence-corrected chi connectivity index (χ4v) is 4.74. The molecule has 5 rings (SSSR count). The van der Waals surface area contributed by atoms with Crippen LogP contribution >= 0.6 is 11.6 Å². The minimum atomic E-state index is -0.303. The van der Waals surface area contributed by atoms with E-state index in [1.807, 2.05) is 42.6 Å². The molecule has 0 unspecified atom stereocenters. The monoisotopic (exact) mass is 505 g/mol. The number of aromatic nitrogens is 2. The van der Waals surface area contributed by atoms with Gasteiger partial charge in [-0.3, -0.25) is 4.90 Å². The van der Waals surface area contributed by atoms with Crippen molar-refractivity contribution >= 4 is 11.6 Å². The highest BCUT2D eigenvalue weighted by Crippen LogP contribution is 2.33. The van der Waals surface area contributed by atoms with Gasteiger partial charge in [-0.25, -0.2) is 9.37 Å². The number of rotatable bonds is 10. The van der Waals surface area contributed by atoms with Crippen molar-refractivity contribution in [3.8, 4) is 22.9 Å². The number of nitrogens with zero attached hydrogens (tertiary/aromatic N) is 3. The minimum Gasteiger partial charge on any atom is -0.454 e. The molecule has 1 aliphatic heterocycles. The second kappa shape index (κ2) is 11.1. The van der Waals surface area contributed by atoms with Crippen molar-refractivity contribution in [1.82, 2.24) is 14.5 Å². The third-order valence-electron chi connectivity index (χ3n) is 6.38.